The van der Waals surface area contributed by atoms with E-state index >= 15 is 0 Å². The van der Waals surface area contributed by atoms with Crippen molar-refractivity contribution in [1.29, 1.82) is 0 Å². The lowest BCUT2D eigenvalue weighted by Crippen LogP contribution is -2.54. The van der Waals surface area contributed by atoms with Crippen LogP contribution >= 0.6 is 0 Å². The third-order valence-electron chi connectivity index (χ3n) is 2.83. The second kappa shape index (κ2) is 10.4. The number of rotatable bonds is 2. The van der Waals surface area contributed by atoms with E-state index in [1.807, 2.05) is 27.7 Å². The molecule has 1 rings (SSSR count). The smallest absolute Gasteiger partial charge is 0.0648 e. The third kappa shape index (κ3) is 5.53. The van der Waals surface area contributed by atoms with Crippen LogP contribution in [0.2, 0.25) is 0 Å². The van der Waals surface area contributed by atoms with Crippen molar-refractivity contribution in [3.05, 3.63) is 0 Å². The molecular formula is C13H31NO. The lowest BCUT2D eigenvalue weighted by atomic mass is 9.96. The molecule has 0 aliphatic carbocycles. The Morgan fingerprint density at radius 2 is 1.67 bits per heavy atom. The minimum absolute atomic E-state index is 0.299. The Hall–Kier alpha value is -0.0800. The maximum Gasteiger partial charge on any atom is 0.0648 e. The molecule has 1 atom stereocenters. The molecule has 1 unspecified atom stereocenters. The van der Waals surface area contributed by atoms with Gasteiger partial charge in [0, 0.05) is 12.1 Å². The predicted octanol–water partition coefficient (Wildman–Crippen LogP) is 3.56. The summed E-state index contributed by atoms with van der Waals surface area (Å²) >= 11 is 0. The molecule has 1 aliphatic heterocycles. The molecule has 1 fully saturated rings. The van der Waals surface area contributed by atoms with Crippen LogP contribution in [0.25, 0.3) is 0 Å². The SMILES string of the molecule is CC.CC.CCN1CCOCC1(C)CC. The zero-order chi connectivity index (χ0) is 12.3. The van der Waals surface area contributed by atoms with Crippen molar-refractivity contribution >= 4 is 0 Å². The van der Waals surface area contributed by atoms with Gasteiger partial charge in [-0.1, -0.05) is 41.5 Å². The molecule has 2 heteroatoms. The van der Waals surface area contributed by atoms with Crippen LogP contribution in [-0.4, -0.2) is 36.7 Å². The van der Waals surface area contributed by atoms with Gasteiger partial charge in [-0.2, -0.15) is 0 Å². The predicted molar refractivity (Wildman–Crippen MR) is 69.5 cm³/mol. The first-order valence-corrected chi connectivity index (χ1v) is 6.55. The summed E-state index contributed by atoms with van der Waals surface area (Å²) in [6, 6.07) is 0. The molecule has 0 spiro atoms. The normalized spacial score (nSPS) is 25.8. The summed E-state index contributed by atoms with van der Waals surface area (Å²) in [5.41, 5.74) is 0.299. The van der Waals surface area contributed by atoms with Gasteiger partial charge in [-0.15, -0.1) is 0 Å². The fourth-order valence-corrected chi connectivity index (χ4v) is 1.69. The molecule has 0 bridgehead atoms. The maximum atomic E-state index is 5.47. The average Bonchev–Trinajstić information content (AvgIpc) is 2.35. The zero-order valence-corrected chi connectivity index (χ0v) is 11.9. The fourth-order valence-electron chi connectivity index (χ4n) is 1.69. The van der Waals surface area contributed by atoms with E-state index in [1.54, 1.807) is 0 Å². The maximum absolute atomic E-state index is 5.47. The van der Waals surface area contributed by atoms with Gasteiger partial charge in [0.05, 0.1) is 13.2 Å². The van der Waals surface area contributed by atoms with Crippen LogP contribution in [0.4, 0.5) is 0 Å². The standard InChI is InChI=1S/C9H19NO.2C2H6/c1-4-9(3)8-11-7-6-10(9)5-2;2*1-2/h4-8H2,1-3H3;2*1-2H3. The van der Waals surface area contributed by atoms with Crippen LogP contribution < -0.4 is 0 Å². The Balaban J connectivity index is 0. The fraction of sp³-hybridized carbons (Fsp3) is 1.00. The lowest BCUT2D eigenvalue weighted by Gasteiger charge is -2.43. The van der Waals surface area contributed by atoms with Gasteiger partial charge in [0.1, 0.15) is 0 Å². The van der Waals surface area contributed by atoms with Crippen molar-refractivity contribution in [1.82, 2.24) is 4.90 Å². The molecule has 0 aromatic heterocycles. The first-order chi connectivity index (χ1) is 7.23. The van der Waals surface area contributed by atoms with Crippen molar-refractivity contribution in [2.24, 2.45) is 0 Å². The summed E-state index contributed by atoms with van der Waals surface area (Å²) in [6.07, 6.45) is 1.18. The van der Waals surface area contributed by atoms with E-state index in [1.165, 1.54) is 6.42 Å². The van der Waals surface area contributed by atoms with Gasteiger partial charge >= 0.3 is 0 Å². The molecule has 1 saturated heterocycles. The molecular weight excluding hydrogens is 186 g/mol. The summed E-state index contributed by atoms with van der Waals surface area (Å²) in [7, 11) is 0. The second-order valence-corrected chi connectivity index (χ2v) is 3.48. The molecule has 0 saturated carbocycles. The molecule has 2 nitrogen and oxygen atoms in total. The van der Waals surface area contributed by atoms with Gasteiger partial charge in [0.25, 0.3) is 0 Å². The Kier molecular flexibility index (Phi) is 12.1. The highest BCUT2D eigenvalue weighted by atomic mass is 16.5. The molecule has 0 amide bonds. The average molecular weight is 217 g/mol. The van der Waals surface area contributed by atoms with Crippen LogP contribution in [0, 0.1) is 0 Å². The van der Waals surface area contributed by atoms with Crippen LogP contribution in [0.1, 0.15) is 54.9 Å². The Labute approximate surface area is 97.0 Å². The molecule has 1 aliphatic rings. The van der Waals surface area contributed by atoms with Crippen LogP contribution in [0.15, 0.2) is 0 Å². The molecule has 1 heterocycles. The van der Waals surface area contributed by atoms with E-state index in [2.05, 4.69) is 25.7 Å². The minimum atomic E-state index is 0.299. The number of hydrogen-bond acceptors (Lipinski definition) is 2. The van der Waals surface area contributed by atoms with E-state index in [9.17, 15) is 0 Å². The molecule has 0 aromatic carbocycles. The van der Waals surface area contributed by atoms with Gasteiger partial charge in [-0.25, -0.2) is 0 Å². The van der Waals surface area contributed by atoms with Gasteiger partial charge in [-0.3, -0.25) is 4.90 Å². The van der Waals surface area contributed by atoms with Gasteiger partial charge in [-0.05, 0) is 19.9 Å². The molecule has 0 aromatic rings. The van der Waals surface area contributed by atoms with E-state index < -0.39 is 0 Å². The van der Waals surface area contributed by atoms with Crippen molar-refractivity contribution in [3.8, 4) is 0 Å². The quantitative estimate of drug-likeness (QED) is 0.701. The third-order valence-corrected chi connectivity index (χ3v) is 2.83. The topological polar surface area (TPSA) is 12.5 Å². The van der Waals surface area contributed by atoms with E-state index in [-0.39, 0.29) is 0 Å². The summed E-state index contributed by atoms with van der Waals surface area (Å²) in [4.78, 5) is 2.51. The van der Waals surface area contributed by atoms with Gasteiger partial charge in [0.15, 0.2) is 0 Å². The van der Waals surface area contributed by atoms with Crippen molar-refractivity contribution in [2.45, 2.75) is 60.4 Å². The summed E-state index contributed by atoms with van der Waals surface area (Å²) in [5, 5.41) is 0. The van der Waals surface area contributed by atoms with Gasteiger partial charge < -0.3 is 4.74 Å². The number of morpholine rings is 1. The van der Waals surface area contributed by atoms with Crippen LogP contribution in [0.5, 0.6) is 0 Å². The monoisotopic (exact) mass is 217 g/mol. The summed E-state index contributed by atoms with van der Waals surface area (Å²) in [5.74, 6) is 0. The molecule has 94 valence electrons. The number of ether oxygens (including phenoxy) is 1. The summed E-state index contributed by atoms with van der Waals surface area (Å²) < 4.78 is 5.47. The van der Waals surface area contributed by atoms with Crippen molar-refractivity contribution < 1.29 is 4.74 Å². The summed E-state index contributed by atoms with van der Waals surface area (Å²) in [6.45, 7) is 18.8. The van der Waals surface area contributed by atoms with Crippen molar-refractivity contribution in [2.75, 3.05) is 26.3 Å². The number of hydrogen-bond donors (Lipinski definition) is 0. The first-order valence-electron chi connectivity index (χ1n) is 6.55. The molecule has 0 radical (unpaired) electrons. The zero-order valence-electron chi connectivity index (χ0n) is 11.9. The van der Waals surface area contributed by atoms with Crippen LogP contribution in [-0.2, 0) is 4.74 Å². The van der Waals surface area contributed by atoms with E-state index in [0.29, 0.717) is 5.54 Å². The van der Waals surface area contributed by atoms with Crippen molar-refractivity contribution in [3.63, 3.8) is 0 Å². The lowest BCUT2D eigenvalue weighted by molar-refractivity contribution is -0.0590. The van der Waals surface area contributed by atoms with Gasteiger partial charge in [0.2, 0.25) is 0 Å². The Bertz CT molecular complexity index is 128. The number of nitrogens with zero attached hydrogens (tertiary/aromatic N) is 1. The highest BCUT2D eigenvalue weighted by Gasteiger charge is 2.31. The Morgan fingerprint density at radius 1 is 1.13 bits per heavy atom. The van der Waals surface area contributed by atoms with E-state index in [0.717, 1.165) is 26.3 Å². The highest BCUT2D eigenvalue weighted by molar-refractivity contribution is 4.86. The Morgan fingerprint density at radius 3 is 2.00 bits per heavy atom. The number of likely N-dealkylation sites (N-methyl/N-ethyl adjacent to an activating group) is 1. The first kappa shape index (κ1) is 17.3. The largest absolute Gasteiger partial charge is 0.378 e. The second-order valence-electron chi connectivity index (χ2n) is 3.48. The van der Waals surface area contributed by atoms with Crippen LogP contribution in [0.3, 0.4) is 0 Å². The molecule has 15 heavy (non-hydrogen) atoms. The highest BCUT2D eigenvalue weighted by Crippen LogP contribution is 2.22. The molecule has 0 N–H and O–H groups in total. The minimum Gasteiger partial charge on any atom is -0.378 e. The van der Waals surface area contributed by atoms with E-state index in [4.69, 9.17) is 4.74 Å².